The molecular weight excluding hydrogens is 281 g/mol. The van der Waals surface area contributed by atoms with Crippen LogP contribution in [0.1, 0.15) is 13.3 Å². The van der Waals surface area contributed by atoms with Crippen molar-refractivity contribution in [3.8, 4) is 5.75 Å². The Balaban J connectivity index is 2.69. The molecule has 0 fully saturated rings. The molecular formula is C14H21ClNO2P. The molecule has 0 amide bonds. The first-order valence-electron chi connectivity index (χ1n) is 6.13. The second kappa shape index (κ2) is 7.14. The van der Waals surface area contributed by atoms with Crippen molar-refractivity contribution in [3.05, 3.63) is 35.9 Å². The van der Waals surface area contributed by atoms with Crippen LogP contribution in [0.2, 0.25) is 0 Å². The summed E-state index contributed by atoms with van der Waals surface area (Å²) in [5.74, 6) is 0.724. The predicted octanol–water partition coefficient (Wildman–Crippen LogP) is 3.39. The van der Waals surface area contributed by atoms with Gasteiger partial charge in [-0.1, -0.05) is 30.3 Å². The van der Waals surface area contributed by atoms with E-state index in [-0.39, 0.29) is 6.04 Å². The first-order valence-corrected chi connectivity index (χ1v) is 8.84. The van der Waals surface area contributed by atoms with E-state index in [0.29, 0.717) is 17.7 Å². The van der Waals surface area contributed by atoms with Crippen LogP contribution >= 0.6 is 18.7 Å². The molecule has 0 aliphatic rings. The van der Waals surface area contributed by atoms with Gasteiger partial charge in [0.15, 0.2) is 0 Å². The van der Waals surface area contributed by atoms with E-state index in [1.807, 2.05) is 31.2 Å². The number of halogens is 1. The summed E-state index contributed by atoms with van der Waals surface area (Å²) in [6.07, 6.45) is 1.10. The fourth-order valence-electron chi connectivity index (χ4n) is 1.73. The van der Waals surface area contributed by atoms with Gasteiger partial charge < -0.3 is 14.6 Å². The van der Waals surface area contributed by atoms with Gasteiger partial charge in [0, 0.05) is 16.4 Å². The largest absolute Gasteiger partial charge is 0.497 e. The third-order valence-corrected chi connectivity index (χ3v) is 5.18. The maximum absolute atomic E-state index is 12.7. The van der Waals surface area contributed by atoms with Gasteiger partial charge >= 0.3 is 0 Å². The zero-order valence-electron chi connectivity index (χ0n) is 11.6. The van der Waals surface area contributed by atoms with Gasteiger partial charge in [0.1, 0.15) is 12.9 Å². The minimum atomic E-state index is -2.45. The highest BCUT2D eigenvalue weighted by Gasteiger charge is 2.19. The van der Waals surface area contributed by atoms with Gasteiger partial charge in [-0.05, 0) is 32.1 Å². The van der Waals surface area contributed by atoms with Crippen molar-refractivity contribution in [2.24, 2.45) is 0 Å². The van der Waals surface area contributed by atoms with Gasteiger partial charge in [-0.2, -0.15) is 0 Å². The van der Waals surface area contributed by atoms with E-state index < -0.39 is 7.14 Å². The Hall–Kier alpha value is -0.760. The van der Waals surface area contributed by atoms with Crippen molar-refractivity contribution in [1.82, 2.24) is 5.32 Å². The van der Waals surface area contributed by atoms with E-state index >= 15 is 0 Å². The van der Waals surface area contributed by atoms with E-state index in [0.717, 1.165) is 11.1 Å². The van der Waals surface area contributed by atoms with Crippen LogP contribution in [0.3, 0.4) is 0 Å². The topological polar surface area (TPSA) is 38.3 Å². The van der Waals surface area contributed by atoms with Crippen LogP contribution in [0, 0.1) is 0 Å². The third kappa shape index (κ3) is 5.40. The Morgan fingerprint density at radius 2 is 2.26 bits per heavy atom. The van der Waals surface area contributed by atoms with Crippen molar-refractivity contribution in [2.45, 2.75) is 19.4 Å². The maximum Gasteiger partial charge on any atom is 0.125 e. The zero-order valence-corrected chi connectivity index (χ0v) is 13.3. The van der Waals surface area contributed by atoms with Crippen molar-refractivity contribution in [1.29, 1.82) is 0 Å². The van der Waals surface area contributed by atoms with E-state index in [1.165, 1.54) is 0 Å². The molecule has 3 nitrogen and oxygen atoms in total. The Bertz CT molecular complexity index is 490. The highest BCUT2D eigenvalue weighted by Crippen LogP contribution is 2.39. The Labute approximate surface area is 120 Å². The molecule has 0 aliphatic carbocycles. The number of hydrogen-bond donors (Lipinski definition) is 1. The Morgan fingerprint density at radius 1 is 1.58 bits per heavy atom. The number of hydrogen-bond acceptors (Lipinski definition) is 3. The fraction of sp³-hybridized carbons (Fsp3) is 0.429. The van der Waals surface area contributed by atoms with Crippen molar-refractivity contribution < 1.29 is 9.30 Å². The molecule has 0 bridgehead atoms. The SMILES string of the molecule is C=C(Cl)CC(C)NCP(C)(=O)c1cccc(OC)c1. The number of methoxy groups -OCH3 is 1. The van der Waals surface area contributed by atoms with Gasteiger partial charge in [-0.25, -0.2) is 0 Å². The van der Waals surface area contributed by atoms with Crippen LogP contribution in [0.15, 0.2) is 35.9 Å². The van der Waals surface area contributed by atoms with E-state index in [9.17, 15) is 4.57 Å². The summed E-state index contributed by atoms with van der Waals surface area (Å²) in [7, 11) is -0.843. The molecule has 0 aromatic heterocycles. The average Bonchev–Trinajstić information content (AvgIpc) is 2.36. The van der Waals surface area contributed by atoms with Gasteiger partial charge in [0.25, 0.3) is 0 Å². The van der Waals surface area contributed by atoms with Gasteiger partial charge in [0.2, 0.25) is 0 Å². The Kier molecular flexibility index (Phi) is 6.12. The Morgan fingerprint density at radius 3 is 2.84 bits per heavy atom. The quantitative estimate of drug-likeness (QED) is 0.785. The highest BCUT2D eigenvalue weighted by molar-refractivity contribution is 7.70. The minimum Gasteiger partial charge on any atom is -0.497 e. The maximum atomic E-state index is 12.7. The second-order valence-corrected chi connectivity index (χ2v) is 8.36. The van der Waals surface area contributed by atoms with Crippen LogP contribution in [-0.4, -0.2) is 26.1 Å². The monoisotopic (exact) mass is 301 g/mol. The molecule has 0 aliphatic heterocycles. The lowest BCUT2D eigenvalue weighted by Crippen LogP contribution is -2.28. The van der Waals surface area contributed by atoms with Crippen LogP contribution in [0.4, 0.5) is 0 Å². The van der Waals surface area contributed by atoms with Crippen molar-refractivity contribution in [3.63, 3.8) is 0 Å². The normalized spacial score (nSPS) is 15.6. The molecule has 1 aromatic carbocycles. The van der Waals surface area contributed by atoms with Gasteiger partial charge in [-0.3, -0.25) is 0 Å². The molecule has 1 aromatic rings. The van der Waals surface area contributed by atoms with Gasteiger partial charge in [0.05, 0.1) is 13.4 Å². The fourth-order valence-corrected chi connectivity index (χ4v) is 3.61. The summed E-state index contributed by atoms with van der Waals surface area (Å²) in [5.41, 5.74) is 0. The summed E-state index contributed by atoms with van der Waals surface area (Å²) in [4.78, 5) is 0. The molecule has 5 heteroatoms. The van der Waals surface area contributed by atoms with E-state index in [1.54, 1.807) is 13.8 Å². The first-order chi connectivity index (χ1) is 8.85. The lowest BCUT2D eigenvalue weighted by molar-refractivity contribution is 0.415. The molecule has 1 N–H and O–H groups in total. The molecule has 0 saturated heterocycles. The van der Waals surface area contributed by atoms with Crippen LogP contribution in [0.5, 0.6) is 5.75 Å². The molecule has 2 atom stereocenters. The summed E-state index contributed by atoms with van der Waals surface area (Å²) in [6, 6.07) is 7.55. The molecule has 2 unspecified atom stereocenters. The lowest BCUT2D eigenvalue weighted by atomic mass is 10.2. The van der Waals surface area contributed by atoms with E-state index in [2.05, 4.69) is 11.9 Å². The first kappa shape index (κ1) is 16.3. The smallest absolute Gasteiger partial charge is 0.125 e. The average molecular weight is 302 g/mol. The minimum absolute atomic E-state index is 0.156. The van der Waals surface area contributed by atoms with Crippen molar-refractivity contribution >= 4 is 24.0 Å². The van der Waals surface area contributed by atoms with E-state index in [4.69, 9.17) is 16.3 Å². The molecule has 19 heavy (non-hydrogen) atoms. The second-order valence-electron chi connectivity index (χ2n) is 4.79. The molecule has 0 radical (unpaired) electrons. The third-order valence-electron chi connectivity index (χ3n) is 2.87. The summed E-state index contributed by atoms with van der Waals surface area (Å²) >= 11 is 5.76. The molecule has 1 rings (SSSR count). The summed E-state index contributed by atoms with van der Waals surface area (Å²) < 4.78 is 17.9. The number of benzene rings is 1. The lowest BCUT2D eigenvalue weighted by Gasteiger charge is -2.19. The molecule has 0 heterocycles. The van der Waals surface area contributed by atoms with Crippen molar-refractivity contribution in [2.75, 3.05) is 20.1 Å². The van der Waals surface area contributed by atoms with Crippen LogP contribution in [-0.2, 0) is 4.57 Å². The standard InChI is InChI=1S/C14H21ClNO2P/c1-11(15)8-12(2)16-10-19(4,17)14-7-5-6-13(9-14)18-3/h5-7,9,12,16H,1,8,10H2,2-4H3. The number of nitrogens with one attached hydrogen (secondary N) is 1. The van der Waals surface area contributed by atoms with Crippen LogP contribution < -0.4 is 15.4 Å². The number of ether oxygens (including phenoxy) is 1. The summed E-state index contributed by atoms with van der Waals surface area (Å²) in [5, 5.41) is 4.66. The molecule has 0 saturated carbocycles. The molecule has 106 valence electrons. The van der Waals surface area contributed by atoms with Crippen LogP contribution in [0.25, 0.3) is 0 Å². The molecule has 0 spiro atoms. The zero-order chi connectivity index (χ0) is 14.5. The number of rotatable bonds is 7. The predicted molar refractivity (Wildman–Crippen MR) is 83.2 cm³/mol. The highest BCUT2D eigenvalue weighted by atomic mass is 35.5. The summed E-state index contributed by atoms with van der Waals surface area (Å²) in [6.45, 7) is 7.43. The van der Waals surface area contributed by atoms with Gasteiger partial charge in [-0.15, -0.1) is 0 Å².